The Morgan fingerprint density at radius 1 is 1.22 bits per heavy atom. The van der Waals surface area contributed by atoms with Crippen LogP contribution in [0.25, 0.3) is 10.2 Å². The molecule has 0 atom stereocenters. The van der Waals surface area contributed by atoms with Crippen molar-refractivity contribution in [1.82, 2.24) is 9.55 Å². The molecule has 2 aromatic heterocycles. The summed E-state index contributed by atoms with van der Waals surface area (Å²) in [6, 6.07) is 6.53. The first-order valence-electron chi connectivity index (χ1n) is 9.70. The lowest BCUT2D eigenvalue weighted by atomic mass is 9.97. The maximum atomic E-state index is 13.2. The number of benzene rings is 1. The first-order chi connectivity index (χ1) is 13.2. The van der Waals surface area contributed by atoms with Gasteiger partial charge in [0.1, 0.15) is 10.6 Å². The number of nitrogens with one attached hydrogen (secondary N) is 1. The number of nitrogens with zero attached hydrogens (tertiary/aromatic N) is 2. The molecule has 0 fully saturated rings. The standard InChI is InChI=1S/C21H24FN3OS/c1-2-13-25-20(26)18-16-5-3-4-6-17(16)27-19(18)24-21(25)23-12-11-14-7-9-15(22)10-8-14/h7-10H,2-6,11-13H2,1H3,(H,23,24). The van der Waals surface area contributed by atoms with Crippen molar-refractivity contribution < 1.29 is 4.39 Å². The Morgan fingerprint density at radius 2 is 2.00 bits per heavy atom. The van der Waals surface area contributed by atoms with Gasteiger partial charge in [0.15, 0.2) is 0 Å². The van der Waals surface area contributed by atoms with Gasteiger partial charge in [0.2, 0.25) is 5.95 Å². The van der Waals surface area contributed by atoms with E-state index in [-0.39, 0.29) is 11.4 Å². The number of halogens is 1. The summed E-state index contributed by atoms with van der Waals surface area (Å²) in [7, 11) is 0. The number of rotatable bonds is 6. The summed E-state index contributed by atoms with van der Waals surface area (Å²) in [4.78, 5) is 20.2. The molecule has 1 aliphatic carbocycles. The van der Waals surface area contributed by atoms with Crippen molar-refractivity contribution in [2.75, 3.05) is 11.9 Å². The molecule has 6 heteroatoms. The molecule has 0 saturated heterocycles. The Labute approximate surface area is 162 Å². The normalized spacial score (nSPS) is 13.7. The average Bonchev–Trinajstić information content (AvgIpc) is 3.05. The molecular weight excluding hydrogens is 361 g/mol. The van der Waals surface area contributed by atoms with Gasteiger partial charge in [-0.05, 0) is 61.8 Å². The van der Waals surface area contributed by atoms with Crippen LogP contribution in [0.2, 0.25) is 0 Å². The van der Waals surface area contributed by atoms with Gasteiger partial charge in [-0.25, -0.2) is 9.37 Å². The van der Waals surface area contributed by atoms with E-state index < -0.39 is 0 Å². The summed E-state index contributed by atoms with van der Waals surface area (Å²) < 4.78 is 14.8. The second-order valence-corrected chi connectivity index (χ2v) is 8.17. The highest BCUT2D eigenvalue weighted by Crippen LogP contribution is 2.34. The van der Waals surface area contributed by atoms with Crippen LogP contribution in [0.3, 0.4) is 0 Å². The van der Waals surface area contributed by atoms with E-state index in [0.717, 1.165) is 47.9 Å². The van der Waals surface area contributed by atoms with E-state index >= 15 is 0 Å². The summed E-state index contributed by atoms with van der Waals surface area (Å²) in [6.07, 6.45) is 6.05. The molecule has 0 saturated carbocycles. The van der Waals surface area contributed by atoms with Gasteiger partial charge in [0.25, 0.3) is 5.56 Å². The molecular formula is C21H24FN3OS. The van der Waals surface area contributed by atoms with Crippen LogP contribution in [-0.4, -0.2) is 16.1 Å². The third-order valence-corrected chi connectivity index (χ3v) is 6.32. The van der Waals surface area contributed by atoms with Crippen LogP contribution in [0.1, 0.15) is 42.2 Å². The first kappa shape index (κ1) is 18.2. The minimum absolute atomic E-state index is 0.0885. The summed E-state index contributed by atoms with van der Waals surface area (Å²) in [5, 5.41) is 4.18. The summed E-state index contributed by atoms with van der Waals surface area (Å²) in [5.41, 5.74) is 2.38. The molecule has 1 aromatic carbocycles. The van der Waals surface area contributed by atoms with Gasteiger partial charge >= 0.3 is 0 Å². The van der Waals surface area contributed by atoms with Crippen molar-refractivity contribution in [3.63, 3.8) is 0 Å². The highest BCUT2D eigenvalue weighted by molar-refractivity contribution is 7.18. The maximum Gasteiger partial charge on any atom is 0.263 e. The zero-order valence-electron chi connectivity index (χ0n) is 15.6. The molecule has 2 heterocycles. The Bertz CT molecular complexity index is 1010. The number of hydrogen-bond donors (Lipinski definition) is 1. The predicted molar refractivity (Wildman–Crippen MR) is 109 cm³/mol. The highest BCUT2D eigenvalue weighted by atomic mass is 32.1. The highest BCUT2D eigenvalue weighted by Gasteiger charge is 2.21. The van der Waals surface area contributed by atoms with Crippen LogP contribution in [-0.2, 0) is 25.8 Å². The van der Waals surface area contributed by atoms with Crippen molar-refractivity contribution in [3.8, 4) is 0 Å². The first-order valence-corrected chi connectivity index (χ1v) is 10.5. The Hall–Kier alpha value is -2.21. The molecule has 0 radical (unpaired) electrons. The number of anilines is 1. The van der Waals surface area contributed by atoms with Crippen LogP contribution in [0, 0.1) is 5.82 Å². The number of hydrogen-bond acceptors (Lipinski definition) is 4. The molecule has 0 spiro atoms. The van der Waals surface area contributed by atoms with E-state index in [1.54, 1.807) is 28.0 Å². The second-order valence-electron chi connectivity index (χ2n) is 7.09. The van der Waals surface area contributed by atoms with Gasteiger partial charge in [-0.3, -0.25) is 9.36 Å². The summed E-state index contributed by atoms with van der Waals surface area (Å²) in [5.74, 6) is 0.423. The SMILES string of the molecule is CCCn1c(NCCc2ccc(F)cc2)nc2sc3c(c2c1=O)CCCC3. The largest absolute Gasteiger partial charge is 0.355 e. The van der Waals surface area contributed by atoms with Gasteiger partial charge < -0.3 is 5.32 Å². The van der Waals surface area contributed by atoms with Crippen molar-refractivity contribution in [2.24, 2.45) is 0 Å². The lowest BCUT2D eigenvalue weighted by Crippen LogP contribution is -2.26. The number of fused-ring (bicyclic) bond motifs is 3. The van der Waals surface area contributed by atoms with Crippen molar-refractivity contribution in [1.29, 1.82) is 0 Å². The van der Waals surface area contributed by atoms with E-state index in [4.69, 9.17) is 4.98 Å². The van der Waals surface area contributed by atoms with Gasteiger partial charge in [-0.15, -0.1) is 11.3 Å². The smallest absolute Gasteiger partial charge is 0.263 e. The van der Waals surface area contributed by atoms with Crippen molar-refractivity contribution in [3.05, 3.63) is 56.4 Å². The molecule has 0 aliphatic heterocycles. The topological polar surface area (TPSA) is 46.9 Å². The van der Waals surface area contributed by atoms with E-state index in [2.05, 4.69) is 12.2 Å². The average molecular weight is 386 g/mol. The van der Waals surface area contributed by atoms with Crippen LogP contribution in [0.5, 0.6) is 0 Å². The molecule has 142 valence electrons. The van der Waals surface area contributed by atoms with Crippen molar-refractivity contribution >= 4 is 27.5 Å². The molecule has 0 unspecified atom stereocenters. The minimum Gasteiger partial charge on any atom is -0.355 e. The number of thiophene rings is 1. The van der Waals surface area contributed by atoms with Crippen LogP contribution >= 0.6 is 11.3 Å². The zero-order chi connectivity index (χ0) is 18.8. The molecule has 3 aromatic rings. The van der Waals surface area contributed by atoms with Gasteiger partial charge in [-0.1, -0.05) is 19.1 Å². The summed E-state index contributed by atoms with van der Waals surface area (Å²) in [6.45, 7) is 3.38. The van der Waals surface area contributed by atoms with Gasteiger partial charge in [-0.2, -0.15) is 0 Å². The fraction of sp³-hybridized carbons (Fsp3) is 0.429. The van der Waals surface area contributed by atoms with Gasteiger partial charge in [0.05, 0.1) is 5.39 Å². The third kappa shape index (κ3) is 3.63. The molecule has 0 amide bonds. The maximum absolute atomic E-state index is 13.2. The third-order valence-electron chi connectivity index (χ3n) is 5.13. The minimum atomic E-state index is -0.225. The van der Waals surface area contributed by atoms with Crippen molar-refractivity contribution in [2.45, 2.75) is 52.0 Å². The van der Waals surface area contributed by atoms with Crippen LogP contribution < -0.4 is 10.9 Å². The molecule has 4 rings (SSSR count). The fourth-order valence-electron chi connectivity index (χ4n) is 3.77. The lowest BCUT2D eigenvalue weighted by molar-refractivity contribution is 0.627. The quantitative estimate of drug-likeness (QED) is 0.678. The van der Waals surface area contributed by atoms with Gasteiger partial charge in [0, 0.05) is 18.0 Å². The Balaban J connectivity index is 1.63. The summed E-state index contributed by atoms with van der Waals surface area (Å²) >= 11 is 1.68. The van der Waals surface area contributed by atoms with E-state index in [0.29, 0.717) is 19.0 Å². The number of aromatic nitrogens is 2. The molecule has 1 aliphatic rings. The van der Waals surface area contributed by atoms with Crippen LogP contribution in [0.15, 0.2) is 29.1 Å². The van der Waals surface area contributed by atoms with E-state index in [9.17, 15) is 9.18 Å². The van der Waals surface area contributed by atoms with E-state index in [1.165, 1.54) is 29.0 Å². The number of aryl methyl sites for hydroxylation is 2. The Kier molecular flexibility index (Phi) is 5.25. The van der Waals surface area contributed by atoms with Crippen LogP contribution in [0.4, 0.5) is 10.3 Å². The monoisotopic (exact) mass is 385 g/mol. The second kappa shape index (κ2) is 7.80. The molecule has 27 heavy (non-hydrogen) atoms. The molecule has 1 N–H and O–H groups in total. The van der Waals surface area contributed by atoms with E-state index in [1.807, 2.05) is 0 Å². The Morgan fingerprint density at radius 3 is 2.78 bits per heavy atom. The molecule has 0 bridgehead atoms. The zero-order valence-corrected chi connectivity index (χ0v) is 16.4. The lowest BCUT2D eigenvalue weighted by Gasteiger charge is -2.14. The molecule has 4 nitrogen and oxygen atoms in total. The fourth-order valence-corrected chi connectivity index (χ4v) is 5.03. The predicted octanol–water partition coefficient (Wildman–Crippen LogP) is 4.54.